The van der Waals surface area contributed by atoms with Gasteiger partial charge in [-0.15, -0.1) is 0 Å². The molecule has 0 fully saturated rings. The summed E-state index contributed by atoms with van der Waals surface area (Å²) in [6.45, 7) is -0.0134. The van der Waals surface area contributed by atoms with Crippen molar-refractivity contribution >= 4 is 40.1 Å². The highest BCUT2D eigenvalue weighted by Gasteiger charge is 2.64. The highest BCUT2D eigenvalue weighted by atomic mass is 35.5. The van der Waals surface area contributed by atoms with E-state index in [2.05, 4.69) is 0 Å². The van der Waals surface area contributed by atoms with Crippen molar-refractivity contribution in [3.05, 3.63) is 98.8 Å². The second-order valence-corrected chi connectivity index (χ2v) is 8.27. The van der Waals surface area contributed by atoms with Crippen LogP contribution in [0.15, 0.2) is 74.5 Å². The van der Waals surface area contributed by atoms with Gasteiger partial charge in [-0.25, -0.2) is 0 Å². The molecule has 2 aromatic carbocycles. The number of furan rings is 1. The Morgan fingerprint density at radius 2 is 1.84 bits per heavy atom. The van der Waals surface area contributed by atoms with Crippen LogP contribution in [0, 0.1) is 0 Å². The second kappa shape index (κ2) is 6.34. The maximum absolute atomic E-state index is 13.9. The van der Waals surface area contributed by atoms with Crippen molar-refractivity contribution in [3.8, 4) is 0 Å². The lowest BCUT2D eigenvalue weighted by atomic mass is 9.84. The molecule has 2 aromatic heterocycles. The summed E-state index contributed by atoms with van der Waals surface area (Å²) in [6.07, 6.45) is 1.49. The molecule has 7 nitrogen and oxygen atoms in total. The zero-order valence-electron chi connectivity index (χ0n) is 16.8. The quantitative estimate of drug-likeness (QED) is 0.466. The Hall–Kier alpha value is -3.84. The molecule has 1 atom stereocenters. The number of carbonyl (C=O) groups excluding carboxylic acids is 2. The minimum Gasteiger partial charge on any atom is -0.467 e. The van der Waals surface area contributed by atoms with Gasteiger partial charge >= 0.3 is 0 Å². The summed E-state index contributed by atoms with van der Waals surface area (Å²) in [5, 5.41) is 0.564. The van der Waals surface area contributed by atoms with E-state index >= 15 is 0 Å². The van der Waals surface area contributed by atoms with Crippen LogP contribution in [-0.4, -0.2) is 23.8 Å². The van der Waals surface area contributed by atoms with Gasteiger partial charge in [0.25, 0.3) is 11.8 Å². The number of para-hydroxylation sites is 1. The molecule has 0 saturated carbocycles. The third-order valence-corrected chi connectivity index (χ3v) is 6.46. The highest BCUT2D eigenvalue weighted by molar-refractivity contribution is 6.31. The number of hydrogen-bond acceptors (Lipinski definition) is 5. The highest BCUT2D eigenvalue weighted by Crippen LogP contribution is 2.52. The molecule has 8 heteroatoms. The van der Waals surface area contributed by atoms with E-state index in [1.54, 1.807) is 55.6 Å². The monoisotopic (exact) mass is 446 g/mol. The fraction of sp³-hybridized carbons (Fsp3) is 0.125. The summed E-state index contributed by atoms with van der Waals surface area (Å²) in [6, 6.07) is 15.2. The largest absolute Gasteiger partial charge is 0.467 e. The van der Waals surface area contributed by atoms with E-state index in [4.69, 9.17) is 20.4 Å². The van der Waals surface area contributed by atoms with E-state index in [1.807, 2.05) is 0 Å². The summed E-state index contributed by atoms with van der Waals surface area (Å²) in [5.41, 5.74) is -0.730. The van der Waals surface area contributed by atoms with E-state index < -0.39 is 22.8 Å². The van der Waals surface area contributed by atoms with Crippen molar-refractivity contribution in [3.63, 3.8) is 0 Å². The molecule has 2 aliphatic rings. The molecule has 2 amide bonds. The number of nitrogens with zero attached hydrogens (tertiary/aromatic N) is 2. The number of halogens is 1. The molecule has 6 rings (SSSR count). The lowest BCUT2D eigenvalue weighted by Gasteiger charge is -2.33. The molecule has 0 saturated heterocycles. The lowest BCUT2D eigenvalue weighted by Crippen LogP contribution is -2.52. The predicted molar refractivity (Wildman–Crippen MR) is 117 cm³/mol. The number of amides is 2. The first kappa shape index (κ1) is 18.9. The van der Waals surface area contributed by atoms with Crippen LogP contribution >= 0.6 is 11.6 Å². The van der Waals surface area contributed by atoms with Crippen LogP contribution in [0.2, 0.25) is 5.02 Å². The third-order valence-electron chi connectivity index (χ3n) is 6.22. The molecule has 4 heterocycles. The number of fused-ring (bicyclic) bond motifs is 5. The van der Waals surface area contributed by atoms with E-state index in [0.29, 0.717) is 22.0 Å². The van der Waals surface area contributed by atoms with Crippen molar-refractivity contribution in [1.82, 2.24) is 4.90 Å². The second-order valence-electron chi connectivity index (χ2n) is 7.84. The number of rotatable bonds is 2. The van der Waals surface area contributed by atoms with E-state index in [1.165, 1.54) is 22.1 Å². The first-order valence-corrected chi connectivity index (χ1v) is 10.3. The number of anilines is 1. The summed E-state index contributed by atoms with van der Waals surface area (Å²) in [7, 11) is 1.63. The molecule has 4 aromatic rings. The SMILES string of the molecule is CN1C(=O)C2(c3ccccc31)c1c(oc3ccc(Cl)cc3c1=O)C(=O)N2Cc1ccco1. The summed E-state index contributed by atoms with van der Waals surface area (Å²) >= 11 is 6.13. The Labute approximate surface area is 186 Å². The van der Waals surface area contributed by atoms with Gasteiger partial charge < -0.3 is 18.6 Å². The van der Waals surface area contributed by atoms with Gasteiger partial charge in [-0.05, 0) is 36.4 Å². The molecule has 2 aliphatic heterocycles. The molecule has 1 unspecified atom stereocenters. The first-order chi connectivity index (χ1) is 15.4. The van der Waals surface area contributed by atoms with Gasteiger partial charge in [-0.1, -0.05) is 29.8 Å². The Bertz CT molecular complexity index is 1510. The Morgan fingerprint density at radius 1 is 1.03 bits per heavy atom. The average molecular weight is 447 g/mol. The van der Waals surface area contributed by atoms with Crippen molar-refractivity contribution < 1.29 is 18.4 Å². The normalized spacial score (nSPS) is 19.3. The van der Waals surface area contributed by atoms with E-state index in [-0.39, 0.29) is 28.8 Å². The smallest absolute Gasteiger partial charge is 0.291 e. The third kappa shape index (κ3) is 2.18. The first-order valence-electron chi connectivity index (χ1n) is 9.93. The fourth-order valence-electron chi connectivity index (χ4n) is 4.85. The van der Waals surface area contributed by atoms with Crippen LogP contribution < -0.4 is 10.3 Å². The van der Waals surface area contributed by atoms with Gasteiger partial charge in [0.1, 0.15) is 11.3 Å². The van der Waals surface area contributed by atoms with Crippen LogP contribution in [0.3, 0.4) is 0 Å². The van der Waals surface area contributed by atoms with Gasteiger partial charge in [0, 0.05) is 23.3 Å². The molecule has 32 heavy (non-hydrogen) atoms. The minimum absolute atomic E-state index is 0.00521. The van der Waals surface area contributed by atoms with Crippen molar-refractivity contribution in [2.75, 3.05) is 11.9 Å². The molecule has 1 spiro atoms. The van der Waals surface area contributed by atoms with Gasteiger partial charge in [0.2, 0.25) is 5.76 Å². The molecule has 158 valence electrons. The zero-order valence-corrected chi connectivity index (χ0v) is 17.6. The maximum atomic E-state index is 13.9. The van der Waals surface area contributed by atoms with Gasteiger partial charge in [-0.3, -0.25) is 14.4 Å². The van der Waals surface area contributed by atoms with Crippen molar-refractivity contribution in [1.29, 1.82) is 0 Å². The Kier molecular flexibility index (Phi) is 3.74. The summed E-state index contributed by atoms with van der Waals surface area (Å²) in [4.78, 5) is 44.2. The molecular formula is C24H15ClN2O5. The van der Waals surface area contributed by atoms with Crippen LogP contribution in [0.5, 0.6) is 0 Å². The summed E-state index contributed by atoms with van der Waals surface area (Å²) < 4.78 is 11.4. The van der Waals surface area contributed by atoms with E-state index in [0.717, 1.165) is 0 Å². The molecule has 0 aliphatic carbocycles. The standard InChI is InChI=1S/C24H15ClN2O5/c1-26-17-7-3-2-6-16(17)24(23(26)30)19-20(28)15-11-13(25)8-9-18(15)32-21(19)22(29)27(24)12-14-5-4-10-31-14/h2-11H,12H2,1H3. The van der Waals surface area contributed by atoms with Gasteiger partial charge in [0.15, 0.2) is 11.0 Å². The Morgan fingerprint density at radius 3 is 2.62 bits per heavy atom. The lowest BCUT2D eigenvalue weighted by molar-refractivity contribution is -0.126. The van der Waals surface area contributed by atoms with Crippen LogP contribution in [0.25, 0.3) is 11.0 Å². The molecule has 0 radical (unpaired) electrons. The van der Waals surface area contributed by atoms with Crippen LogP contribution in [-0.2, 0) is 16.9 Å². The van der Waals surface area contributed by atoms with Gasteiger partial charge in [0.05, 0.1) is 23.8 Å². The molecule has 0 bridgehead atoms. The fourth-order valence-corrected chi connectivity index (χ4v) is 5.02. The Balaban J connectivity index is 1.75. The van der Waals surface area contributed by atoms with Crippen LogP contribution in [0.4, 0.5) is 5.69 Å². The number of hydrogen-bond donors (Lipinski definition) is 0. The van der Waals surface area contributed by atoms with Crippen molar-refractivity contribution in [2.24, 2.45) is 0 Å². The van der Waals surface area contributed by atoms with Crippen LogP contribution in [0.1, 0.15) is 27.4 Å². The van der Waals surface area contributed by atoms with Crippen molar-refractivity contribution in [2.45, 2.75) is 12.1 Å². The zero-order chi connectivity index (χ0) is 22.2. The van der Waals surface area contributed by atoms with E-state index in [9.17, 15) is 14.4 Å². The molecular weight excluding hydrogens is 432 g/mol. The predicted octanol–water partition coefficient (Wildman–Crippen LogP) is 3.92. The number of carbonyl (C=O) groups is 2. The maximum Gasteiger partial charge on any atom is 0.291 e. The number of benzene rings is 2. The minimum atomic E-state index is -1.67. The summed E-state index contributed by atoms with van der Waals surface area (Å²) in [5.74, 6) is -0.630. The number of likely N-dealkylation sites (N-methyl/N-ethyl adjacent to an activating group) is 1. The van der Waals surface area contributed by atoms with Gasteiger partial charge in [-0.2, -0.15) is 0 Å². The topological polar surface area (TPSA) is 84.0 Å². The average Bonchev–Trinajstić information content (AvgIpc) is 3.45. The molecule has 0 N–H and O–H groups in total.